The molecule has 0 saturated heterocycles. The normalized spacial score (nSPS) is 13.0. The number of carbonyl (C=O) groups excluding carboxylic acids is 2. The minimum atomic E-state index is -0.137. The number of benzene rings is 2. The first-order valence-corrected chi connectivity index (χ1v) is 13.5. The maximum absolute atomic E-state index is 13.8. The van der Waals surface area contributed by atoms with Gasteiger partial charge in [0, 0.05) is 24.9 Å². The second kappa shape index (κ2) is 10.3. The van der Waals surface area contributed by atoms with Crippen molar-refractivity contribution in [1.82, 2.24) is 19.8 Å². The summed E-state index contributed by atoms with van der Waals surface area (Å²) in [6, 6.07) is 17.4. The van der Waals surface area contributed by atoms with E-state index in [9.17, 15) is 14.4 Å². The Morgan fingerprint density at radius 1 is 1.11 bits per heavy atom. The van der Waals surface area contributed by atoms with Gasteiger partial charge in [0.05, 0.1) is 23.4 Å². The summed E-state index contributed by atoms with van der Waals surface area (Å²) in [5.74, 6) is 0.0394. The van der Waals surface area contributed by atoms with Crippen LogP contribution in [0.5, 0.6) is 0 Å². The summed E-state index contributed by atoms with van der Waals surface area (Å²) < 4.78 is 1.60. The van der Waals surface area contributed by atoms with E-state index in [1.807, 2.05) is 61.5 Å². The lowest BCUT2D eigenvalue weighted by molar-refractivity contribution is -0.129. The highest BCUT2D eigenvalue weighted by Gasteiger charge is 2.26. The topological polar surface area (TPSA) is 84.3 Å². The van der Waals surface area contributed by atoms with Gasteiger partial charge in [-0.1, -0.05) is 59.8 Å². The molecule has 0 saturated carbocycles. The van der Waals surface area contributed by atoms with Crippen LogP contribution in [0.1, 0.15) is 28.5 Å². The standard InChI is InChI=1S/C27H26N4O3S2/c1-17-8-10-19(11-9-17)14-28-23(33)16-35-27-29-25-24(26(34)31(27)20-6-4-3-5-7-20)21-12-13-30(18(2)32)15-22(21)36-25/h3-11H,12-16H2,1-2H3,(H,28,33). The summed E-state index contributed by atoms with van der Waals surface area (Å²) in [7, 11) is 0. The molecule has 36 heavy (non-hydrogen) atoms. The molecule has 0 spiro atoms. The Labute approximate surface area is 217 Å². The van der Waals surface area contributed by atoms with Crippen LogP contribution in [0.15, 0.2) is 64.5 Å². The monoisotopic (exact) mass is 518 g/mol. The predicted molar refractivity (Wildman–Crippen MR) is 144 cm³/mol. The quantitative estimate of drug-likeness (QED) is 0.307. The first kappa shape index (κ1) is 24.3. The molecule has 0 atom stereocenters. The molecule has 0 bridgehead atoms. The molecule has 9 heteroatoms. The lowest BCUT2D eigenvalue weighted by Crippen LogP contribution is -2.34. The van der Waals surface area contributed by atoms with E-state index in [-0.39, 0.29) is 23.1 Å². The number of hydrogen-bond acceptors (Lipinski definition) is 6. The molecule has 2 aromatic carbocycles. The number of hydrogen-bond donors (Lipinski definition) is 1. The van der Waals surface area contributed by atoms with Gasteiger partial charge in [-0.05, 0) is 36.6 Å². The van der Waals surface area contributed by atoms with Crippen LogP contribution in [0.4, 0.5) is 0 Å². The van der Waals surface area contributed by atoms with Crippen molar-refractivity contribution in [3.8, 4) is 5.69 Å². The maximum Gasteiger partial charge on any atom is 0.267 e. The van der Waals surface area contributed by atoms with Crippen LogP contribution in [0.25, 0.3) is 15.9 Å². The summed E-state index contributed by atoms with van der Waals surface area (Å²) in [6.07, 6.45) is 0.633. The Kier molecular flexibility index (Phi) is 6.93. The number of thioether (sulfide) groups is 1. The molecule has 7 nitrogen and oxygen atoms in total. The molecule has 3 heterocycles. The summed E-state index contributed by atoms with van der Waals surface area (Å²) in [5.41, 5.74) is 3.76. The van der Waals surface area contributed by atoms with Gasteiger partial charge in [0.25, 0.3) is 5.56 Å². The first-order valence-electron chi connectivity index (χ1n) is 11.7. The zero-order chi connectivity index (χ0) is 25.2. The number of nitrogens with zero attached hydrogens (tertiary/aromatic N) is 3. The van der Waals surface area contributed by atoms with Gasteiger partial charge in [-0.25, -0.2) is 4.98 Å². The Morgan fingerprint density at radius 3 is 2.58 bits per heavy atom. The molecule has 0 fully saturated rings. The molecule has 0 unspecified atom stereocenters. The molecular formula is C27H26N4O3S2. The van der Waals surface area contributed by atoms with Gasteiger partial charge in [0.15, 0.2) is 5.16 Å². The van der Waals surface area contributed by atoms with Crippen LogP contribution in [0.3, 0.4) is 0 Å². The van der Waals surface area contributed by atoms with E-state index < -0.39 is 0 Å². The van der Waals surface area contributed by atoms with Gasteiger partial charge in [-0.3, -0.25) is 19.0 Å². The van der Waals surface area contributed by atoms with Crippen LogP contribution in [0, 0.1) is 6.92 Å². The second-order valence-electron chi connectivity index (χ2n) is 8.80. The van der Waals surface area contributed by atoms with Gasteiger partial charge < -0.3 is 10.2 Å². The van der Waals surface area contributed by atoms with Gasteiger partial charge in [-0.2, -0.15) is 0 Å². The molecule has 2 amide bonds. The van der Waals surface area contributed by atoms with Crippen LogP contribution in [0.2, 0.25) is 0 Å². The van der Waals surface area contributed by atoms with Gasteiger partial charge in [0.1, 0.15) is 4.83 Å². The number of para-hydroxylation sites is 1. The number of aryl methyl sites for hydroxylation is 1. The summed E-state index contributed by atoms with van der Waals surface area (Å²) in [4.78, 5) is 46.7. The maximum atomic E-state index is 13.8. The predicted octanol–water partition coefficient (Wildman–Crippen LogP) is 4.07. The van der Waals surface area contributed by atoms with Crippen molar-refractivity contribution >= 4 is 45.1 Å². The number of amides is 2. The zero-order valence-corrected chi connectivity index (χ0v) is 21.7. The van der Waals surface area contributed by atoms with Crippen molar-refractivity contribution in [2.45, 2.75) is 38.5 Å². The number of nitrogens with one attached hydrogen (secondary N) is 1. The minimum Gasteiger partial charge on any atom is -0.351 e. The number of rotatable bonds is 6. The van der Waals surface area contributed by atoms with Crippen molar-refractivity contribution < 1.29 is 9.59 Å². The molecular weight excluding hydrogens is 492 g/mol. The molecule has 1 N–H and O–H groups in total. The largest absolute Gasteiger partial charge is 0.351 e. The van der Waals surface area contributed by atoms with Crippen molar-refractivity contribution in [3.63, 3.8) is 0 Å². The third-order valence-electron chi connectivity index (χ3n) is 6.25. The molecule has 1 aliphatic rings. The highest BCUT2D eigenvalue weighted by Crippen LogP contribution is 2.34. The van der Waals surface area contributed by atoms with Crippen molar-refractivity contribution in [1.29, 1.82) is 0 Å². The third-order valence-corrected chi connectivity index (χ3v) is 8.30. The number of thiophene rings is 1. The molecule has 1 aliphatic heterocycles. The first-order chi connectivity index (χ1) is 17.4. The molecule has 0 radical (unpaired) electrons. The zero-order valence-electron chi connectivity index (χ0n) is 20.1. The van der Waals surface area contributed by atoms with Crippen molar-refractivity contribution in [2.75, 3.05) is 12.3 Å². The molecule has 5 rings (SSSR count). The lowest BCUT2D eigenvalue weighted by atomic mass is 10.1. The number of carbonyl (C=O) groups is 2. The fraction of sp³-hybridized carbons (Fsp3) is 0.259. The fourth-order valence-electron chi connectivity index (χ4n) is 4.28. The summed E-state index contributed by atoms with van der Waals surface area (Å²) >= 11 is 2.71. The van der Waals surface area contributed by atoms with Crippen molar-refractivity contribution in [3.05, 3.63) is 86.5 Å². The minimum absolute atomic E-state index is 0.0284. The summed E-state index contributed by atoms with van der Waals surface area (Å²) in [5, 5.41) is 4.04. The SMILES string of the molecule is CC(=O)N1CCc2c(sc3nc(SCC(=O)NCc4ccc(C)cc4)n(-c4ccccc4)c(=O)c23)C1. The van der Waals surface area contributed by atoms with Crippen LogP contribution in [-0.2, 0) is 29.1 Å². The van der Waals surface area contributed by atoms with E-state index in [0.29, 0.717) is 47.1 Å². The average molecular weight is 519 g/mol. The highest BCUT2D eigenvalue weighted by molar-refractivity contribution is 7.99. The van der Waals surface area contributed by atoms with E-state index in [1.54, 1.807) is 16.4 Å². The van der Waals surface area contributed by atoms with Gasteiger partial charge >= 0.3 is 0 Å². The van der Waals surface area contributed by atoms with E-state index in [4.69, 9.17) is 4.98 Å². The average Bonchev–Trinajstić information content (AvgIpc) is 3.25. The highest BCUT2D eigenvalue weighted by atomic mass is 32.2. The van der Waals surface area contributed by atoms with Crippen LogP contribution in [-0.4, -0.2) is 38.6 Å². The number of aromatic nitrogens is 2. The molecule has 2 aromatic heterocycles. The van der Waals surface area contributed by atoms with Crippen molar-refractivity contribution in [2.24, 2.45) is 0 Å². The van der Waals surface area contributed by atoms with E-state index in [0.717, 1.165) is 16.0 Å². The van der Waals surface area contributed by atoms with E-state index in [2.05, 4.69) is 5.32 Å². The molecule has 184 valence electrons. The summed E-state index contributed by atoms with van der Waals surface area (Å²) in [6.45, 7) is 5.13. The molecule has 0 aliphatic carbocycles. The Morgan fingerprint density at radius 2 is 1.86 bits per heavy atom. The number of fused-ring (bicyclic) bond motifs is 3. The van der Waals surface area contributed by atoms with E-state index >= 15 is 0 Å². The van der Waals surface area contributed by atoms with E-state index in [1.165, 1.54) is 28.7 Å². The fourth-order valence-corrected chi connectivity index (χ4v) is 6.40. The Balaban J connectivity index is 1.45. The van der Waals surface area contributed by atoms with Crippen LogP contribution < -0.4 is 10.9 Å². The molecule has 4 aromatic rings. The smallest absolute Gasteiger partial charge is 0.267 e. The van der Waals surface area contributed by atoms with Crippen LogP contribution >= 0.6 is 23.1 Å². The van der Waals surface area contributed by atoms with Gasteiger partial charge in [-0.15, -0.1) is 11.3 Å². The lowest BCUT2D eigenvalue weighted by Gasteiger charge is -2.25. The Hall–Kier alpha value is -3.43. The van der Waals surface area contributed by atoms with Gasteiger partial charge in [0.2, 0.25) is 11.8 Å². The third kappa shape index (κ3) is 4.94. The second-order valence-corrected chi connectivity index (χ2v) is 10.8. The Bertz CT molecular complexity index is 1490.